The second-order valence-corrected chi connectivity index (χ2v) is 6.17. The SMILES string of the molecule is CCSC1CCN(c2cncc(Br)c2)C1. The fraction of sp³-hybridized carbons (Fsp3) is 0.545. The van der Waals surface area contributed by atoms with Gasteiger partial charge in [-0.05, 0) is 34.2 Å². The highest BCUT2D eigenvalue weighted by Gasteiger charge is 2.22. The Kier molecular flexibility index (Phi) is 3.92. The first-order chi connectivity index (χ1) is 7.29. The molecule has 15 heavy (non-hydrogen) atoms. The average molecular weight is 287 g/mol. The average Bonchev–Trinajstić information content (AvgIpc) is 2.67. The van der Waals surface area contributed by atoms with E-state index < -0.39 is 0 Å². The summed E-state index contributed by atoms with van der Waals surface area (Å²) in [7, 11) is 0. The molecule has 4 heteroatoms. The van der Waals surface area contributed by atoms with Gasteiger partial charge in [-0.1, -0.05) is 6.92 Å². The molecule has 2 heterocycles. The molecule has 0 radical (unpaired) electrons. The van der Waals surface area contributed by atoms with Crippen LogP contribution in [-0.2, 0) is 0 Å². The van der Waals surface area contributed by atoms with Crippen molar-refractivity contribution in [1.82, 2.24) is 4.98 Å². The quantitative estimate of drug-likeness (QED) is 0.849. The van der Waals surface area contributed by atoms with Crippen LogP contribution in [0, 0.1) is 0 Å². The smallest absolute Gasteiger partial charge is 0.0564 e. The van der Waals surface area contributed by atoms with Crippen LogP contribution in [0.15, 0.2) is 22.9 Å². The van der Waals surface area contributed by atoms with Gasteiger partial charge in [-0.15, -0.1) is 0 Å². The van der Waals surface area contributed by atoms with Crippen molar-refractivity contribution in [2.24, 2.45) is 0 Å². The Labute approximate surface area is 104 Å². The lowest BCUT2D eigenvalue weighted by Gasteiger charge is -2.18. The monoisotopic (exact) mass is 286 g/mol. The highest BCUT2D eigenvalue weighted by molar-refractivity contribution is 9.10. The van der Waals surface area contributed by atoms with Gasteiger partial charge in [0, 0.05) is 29.0 Å². The number of hydrogen-bond donors (Lipinski definition) is 0. The largest absolute Gasteiger partial charge is 0.369 e. The van der Waals surface area contributed by atoms with Crippen molar-refractivity contribution < 1.29 is 0 Å². The van der Waals surface area contributed by atoms with Gasteiger partial charge in [0.05, 0.1) is 11.9 Å². The Bertz CT molecular complexity index is 332. The summed E-state index contributed by atoms with van der Waals surface area (Å²) < 4.78 is 1.06. The van der Waals surface area contributed by atoms with E-state index in [1.54, 1.807) is 0 Å². The minimum atomic E-state index is 0.800. The molecule has 1 unspecified atom stereocenters. The standard InChI is InChI=1S/C11H15BrN2S/c1-2-15-11-3-4-14(8-11)10-5-9(12)6-13-7-10/h5-7,11H,2-4,8H2,1H3. The predicted molar refractivity (Wildman–Crippen MR) is 70.7 cm³/mol. The third-order valence-corrected chi connectivity index (χ3v) is 4.23. The van der Waals surface area contributed by atoms with Crippen LogP contribution in [0.5, 0.6) is 0 Å². The number of thioether (sulfide) groups is 1. The molecule has 0 saturated carbocycles. The summed E-state index contributed by atoms with van der Waals surface area (Å²) in [6, 6.07) is 2.14. The lowest BCUT2D eigenvalue weighted by molar-refractivity contribution is 0.960. The van der Waals surface area contributed by atoms with Gasteiger partial charge in [0.2, 0.25) is 0 Å². The Hall–Kier alpha value is -0.220. The van der Waals surface area contributed by atoms with E-state index in [1.165, 1.54) is 17.9 Å². The van der Waals surface area contributed by atoms with E-state index in [-0.39, 0.29) is 0 Å². The Morgan fingerprint density at radius 1 is 1.60 bits per heavy atom. The molecule has 82 valence electrons. The third kappa shape index (κ3) is 2.88. The summed E-state index contributed by atoms with van der Waals surface area (Å²) in [5.41, 5.74) is 1.24. The summed E-state index contributed by atoms with van der Waals surface area (Å²) in [6.07, 6.45) is 5.08. The number of nitrogens with zero attached hydrogens (tertiary/aromatic N) is 2. The first-order valence-electron chi connectivity index (χ1n) is 5.26. The van der Waals surface area contributed by atoms with E-state index >= 15 is 0 Å². The summed E-state index contributed by atoms with van der Waals surface area (Å²) in [5, 5.41) is 0.800. The van der Waals surface area contributed by atoms with Crippen molar-refractivity contribution in [3.63, 3.8) is 0 Å². The first-order valence-corrected chi connectivity index (χ1v) is 7.11. The zero-order chi connectivity index (χ0) is 10.7. The molecule has 1 saturated heterocycles. The molecule has 1 aliphatic rings. The van der Waals surface area contributed by atoms with Gasteiger partial charge < -0.3 is 4.90 Å². The lowest BCUT2D eigenvalue weighted by Crippen LogP contribution is -2.20. The third-order valence-electron chi connectivity index (χ3n) is 2.60. The molecule has 1 aliphatic heterocycles. The molecule has 0 spiro atoms. The van der Waals surface area contributed by atoms with Crippen LogP contribution >= 0.6 is 27.7 Å². The number of rotatable bonds is 3. The normalized spacial score (nSPS) is 20.9. The van der Waals surface area contributed by atoms with Crippen LogP contribution in [0.2, 0.25) is 0 Å². The van der Waals surface area contributed by atoms with Crippen LogP contribution in [0.1, 0.15) is 13.3 Å². The Balaban J connectivity index is 2.01. The second-order valence-electron chi connectivity index (χ2n) is 3.67. The van der Waals surface area contributed by atoms with E-state index in [9.17, 15) is 0 Å². The fourth-order valence-electron chi connectivity index (χ4n) is 1.91. The summed E-state index contributed by atoms with van der Waals surface area (Å²) in [6.45, 7) is 4.56. The zero-order valence-corrected chi connectivity index (χ0v) is 11.2. The maximum absolute atomic E-state index is 4.20. The predicted octanol–water partition coefficient (Wildman–Crippen LogP) is 3.18. The molecule has 0 aromatic carbocycles. The summed E-state index contributed by atoms with van der Waals surface area (Å²) in [4.78, 5) is 6.63. The molecule has 2 nitrogen and oxygen atoms in total. The number of halogens is 1. The lowest BCUT2D eigenvalue weighted by atomic mass is 10.4. The van der Waals surface area contributed by atoms with Gasteiger partial charge in [-0.2, -0.15) is 11.8 Å². The van der Waals surface area contributed by atoms with E-state index in [1.807, 2.05) is 12.4 Å². The van der Waals surface area contributed by atoms with E-state index in [4.69, 9.17) is 0 Å². The van der Waals surface area contributed by atoms with Gasteiger partial charge in [-0.3, -0.25) is 4.98 Å². The molecule has 0 N–H and O–H groups in total. The fourth-order valence-corrected chi connectivity index (χ4v) is 3.29. The van der Waals surface area contributed by atoms with E-state index in [0.29, 0.717) is 0 Å². The minimum Gasteiger partial charge on any atom is -0.369 e. The number of aromatic nitrogens is 1. The van der Waals surface area contributed by atoms with Crippen LogP contribution in [0.3, 0.4) is 0 Å². The number of anilines is 1. The molecule has 2 rings (SSSR count). The molecule has 0 bridgehead atoms. The molecule has 0 amide bonds. The van der Waals surface area contributed by atoms with Crippen molar-refractivity contribution in [3.8, 4) is 0 Å². The summed E-state index contributed by atoms with van der Waals surface area (Å²) in [5.74, 6) is 1.22. The van der Waals surface area contributed by atoms with Crippen molar-refractivity contribution in [2.45, 2.75) is 18.6 Å². The van der Waals surface area contributed by atoms with Crippen molar-refractivity contribution in [2.75, 3.05) is 23.7 Å². The molecule has 1 atom stereocenters. The molecular weight excluding hydrogens is 272 g/mol. The molecule has 0 aliphatic carbocycles. The Morgan fingerprint density at radius 3 is 3.20 bits per heavy atom. The molecule has 1 fully saturated rings. The van der Waals surface area contributed by atoms with E-state index in [0.717, 1.165) is 22.8 Å². The van der Waals surface area contributed by atoms with Crippen molar-refractivity contribution >= 4 is 33.4 Å². The molecule has 1 aromatic rings. The second kappa shape index (κ2) is 5.21. The molecule has 1 aromatic heterocycles. The highest BCUT2D eigenvalue weighted by atomic mass is 79.9. The Morgan fingerprint density at radius 2 is 2.47 bits per heavy atom. The maximum atomic E-state index is 4.20. The van der Waals surface area contributed by atoms with Crippen molar-refractivity contribution in [3.05, 3.63) is 22.9 Å². The van der Waals surface area contributed by atoms with Gasteiger partial charge >= 0.3 is 0 Å². The highest BCUT2D eigenvalue weighted by Crippen LogP contribution is 2.27. The number of hydrogen-bond acceptors (Lipinski definition) is 3. The maximum Gasteiger partial charge on any atom is 0.0564 e. The van der Waals surface area contributed by atoms with Gasteiger partial charge in [-0.25, -0.2) is 0 Å². The number of pyridine rings is 1. The minimum absolute atomic E-state index is 0.800. The van der Waals surface area contributed by atoms with Crippen LogP contribution in [-0.4, -0.2) is 29.1 Å². The van der Waals surface area contributed by atoms with Crippen LogP contribution in [0.4, 0.5) is 5.69 Å². The van der Waals surface area contributed by atoms with Gasteiger partial charge in [0.15, 0.2) is 0 Å². The topological polar surface area (TPSA) is 16.1 Å². The summed E-state index contributed by atoms with van der Waals surface area (Å²) >= 11 is 5.53. The first kappa shape index (κ1) is 11.3. The van der Waals surface area contributed by atoms with Crippen LogP contribution < -0.4 is 4.90 Å². The zero-order valence-electron chi connectivity index (χ0n) is 8.82. The van der Waals surface area contributed by atoms with Crippen molar-refractivity contribution in [1.29, 1.82) is 0 Å². The van der Waals surface area contributed by atoms with Crippen LogP contribution in [0.25, 0.3) is 0 Å². The van der Waals surface area contributed by atoms with E-state index in [2.05, 4.69) is 50.6 Å². The van der Waals surface area contributed by atoms with Gasteiger partial charge in [0.1, 0.15) is 0 Å². The van der Waals surface area contributed by atoms with Gasteiger partial charge in [0.25, 0.3) is 0 Å². The molecular formula is C11H15BrN2S.